The van der Waals surface area contributed by atoms with Crippen molar-refractivity contribution in [1.82, 2.24) is 4.90 Å². The Hall–Kier alpha value is 0.170. The molecule has 0 aromatic heterocycles. The zero-order valence-corrected chi connectivity index (χ0v) is 7.04. The number of nitrogens with zero attached hydrogens (tertiary/aromatic N) is 1. The lowest BCUT2D eigenvalue weighted by molar-refractivity contribution is 0.164. The first-order chi connectivity index (χ1) is 5.20. The van der Waals surface area contributed by atoms with E-state index in [1.807, 2.05) is 0 Å². The molecule has 2 heterocycles. The molecule has 64 valence electrons. The van der Waals surface area contributed by atoms with Gasteiger partial charge in [-0.1, -0.05) is 0 Å². The summed E-state index contributed by atoms with van der Waals surface area (Å²) in [7, 11) is 0. The normalized spacial score (nSPS) is 51.5. The van der Waals surface area contributed by atoms with Gasteiger partial charge >= 0.3 is 0 Å². The van der Waals surface area contributed by atoms with Crippen molar-refractivity contribution in [3.63, 3.8) is 0 Å². The molecule has 0 radical (unpaired) electrons. The van der Waals surface area contributed by atoms with E-state index < -0.39 is 0 Å². The van der Waals surface area contributed by atoms with Crippen molar-refractivity contribution in [3.05, 3.63) is 0 Å². The summed E-state index contributed by atoms with van der Waals surface area (Å²) in [6.07, 6.45) is 0.633. The van der Waals surface area contributed by atoms with Gasteiger partial charge in [0.1, 0.15) is 0 Å². The number of hydrogen-bond donors (Lipinski definition) is 2. The molecule has 3 N–H and O–H groups in total. The molecule has 2 saturated heterocycles. The van der Waals surface area contributed by atoms with Gasteiger partial charge in [0.05, 0.1) is 11.5 Å². The molecule has 0 aromatic rings. The second-order valence-electron chi connectivity index (χ2n) is 3.43. The molecule has 0 bridgehead atoms. The first kappa shape index (κ1) is 7.80. The molecule has 0 saturated carbocycles. The average molecular weight is 177 g/mol. The number of hydrogen-bond acceptors (Lipinski definition) is 3. The summed E-state index contributed by atoms with van der Waals surface area (Å²) < 4.78 is 0. The summed E-state index contributed by atoms with van der Waals surface area (Å²) in [5.74, 6) is 0. The number of aliphatic hydroxyl groups is 1. The molecule has 0 aromatic carbocycles. The van der Waals surface area contributed by atoms with Crippen LogP contribution < -0.4 is 5.73 Å². The molecule has 4 heteroatoms. The van der Waals surface area contributed by atoms with Crippen molar-refractivity contribution < 1.29 is 5.11 Å². The third-order valence-corrected chi connectivity index (χ3v) is 3.22. The number of halogens is 1. The highest BCUT2D eigenvalue weighted by molar-refractivity contribution is 6.21. The van der Waals surface area contributed by atoms with Crippen molar-refractivity contribution in [2.45, 2.75) is 30.0 Å². The third-order valence-electron chi connectivity index (χ3n) is 2.74. The zero-order valence-electron chi connectivity index (χ0n) is 6.28. The highest BCUT2D eigenvalue weighted by Gasteiger charge is 2.45. The van der Waals surface area contributed by atoms with Gasteiger partial charge in [0.2, 0.25) is 0 Å². The fourth-order valence-corrected chi connectivity index (χ4v) is 2.55. The Bertz CT molecular complexity index is 165. The quantitative estimate of drug-likeness (QED) is 0.484. The largest absolute Gasteiger partial charge is 0.390 e. The molecule has 1 unspecified atom stereocenters. The van der Waals surface area contributed by atoms with Crippen LogP contribution in [0.3, 0.4) is 0 Å². The van der Waals surface area contributed by atoms with E-state index in [4.69, 9.17) is 17.3 Å². The summed E-state index contributed by atoms with van der Waals surface area (Å²) in [6, 6.07) is 0.0756. The van der Waals surface area contributed by atoms with E-state index in [1.165, 1.54) is 0 Å². The summed E-state index contributed by atoms with van der Waals surface area (Å²) in [4.78, 5) is 2.19. The van der Waals surface area contributed by atoms with Crippen molar-refractivity contribution in [3.8, 4) is 0 Å². The van der Waals surface area contributed by atoms with E-state index >= 15 is 0 Å². The molecule has 2 aliphatic heterocycles. The minimum absolute atomic E-state index is 0.139. The lowest BCUT2D eigenvalue weighted by Gasteiger charge is -2.19. The first-order valence-corrected chi connectivity index (χ1v) is 4.45. The van der Waals surface area contributed by atoms with Crippen LogP contribution in [0.25, 0.3) is 0 Å². The van der Waals surface area contributed by atoms with Crippen LogP contribution in [0.5, 0.6) is 0 Å². The molecular formula is C7H13ClN2O. The third kappa shape index (κ3) is 1.07. The highest BCUT2D eigenvalue weighted by Crippen LogP contribution is 2.30. The van der Waals surface area contributed by atoms with E-state index in [2.05, 4.69) is 4.90 Å². The number of fused-ring (bicyclic) bond motifs is 1. The topological polar surface area (TPSA) is 49.5 Å². The van der Waals surface area contributed by atoms with Crippen LogP contribution >= 0.6 is 11.6 Å². The van der Waals surface area contributed by atoms with Crippen LogP contribution in [0.15, 0.2) is 0 Å². The lowest BCUT2D eigenvalue weighted by Crippen LogP contribution is -2.43. The number of aliphatic hydroxyl groups excluding tert-OH is 1. The summed E-state index contributed by atoms with van der Waals surface area (Å²) in [5.41, 5.74) is 5.78. The average Bonchev–Trinajstić information content (AvgIpc) is 2.41. The van der Waals surface area contributed by atoms with Crippen molar-refractivity contribution in [1.29, 1.82) is 0 Å². The van der Waals surface area contributed by atoms with Gasteiger partial charge < -0.3 is 10.8 Å². The molecule has 0 spiro atoms. The fourth-order valence-electron chi connectivity index (χ4n) is 2.12. The van der Waals surface area contributed by atoms with E-state index in [0.717, 1.165) is 13.0 Å². The van der Waals surface area contributed by atoms with Gasteiger partial charge in [-0.15, -0.1) is 11.6 Å². The Kier molecular flexibility index (Phi) is 1.84. The SMILES string of the molecule is N[C@H]1[C@H](O)CN2CCC(Cl)[C@H]12. The van der Waals surface area contributed by atoms with Crippen LogP contribution in [0.4, 0.5) is 0 Å². The van der Waals surface area contributed by atoms with Crippen LogP contribution in [0.1, 0.15) is 6.42 Å². The minimum atomic E-state index is -0.374. The predicted octanol–water partition coefficient (Wildman–Crippen LogP) is -0.630. The summed E-state index contributed by atoms with van der Waals surface area (Å²) in [5, 5.41) is 9.54. The molecule has 2 aliphatic rings. The number of rotatable bonds is 0. The van der Waals surface area contributed by atoms with Crippen molar-refractivity contribution >= 4 is 11.6 Å². The highest BCUT2D eigenvalue weighted by atomic mass is 35.5. The smallest absolute Gasteiger partial charge is 0.0833 e. The fraction of sp³-hybridized carbons (Fsp3) is 1.00. The monoisotopic (exact) mass is 176 g/mol. The van der Waals surface area contributed by atoms with Crippen molar-refractivity contribution in [2.75, 3.05) is 13.1 Å². The Morgan fingerprint density at radius 2 is 2.27 bits per heavy atom. The van der Waals surface area contributed by atoms with Crippen LogP contribution in [0.2, 0.25) is 0 Å². The maximum absolute atomic E-state index is 9.40. The number of nitrogens with two attached hydrogens (primary N) is 1. The second-order valence-corrected chi connectivity index (χ2v) is 4.00. The molecule has 2 fully saturated rings. The van der Waals surface area contributed by atoms with E-state index in [-0.39, 0.29) is 23.6 Å². The Morgan fingerprint density at radius 3 is 2.91 bits per heavy atom. The van der Waals surface area contributed by atoms with Crippen LogP contribution in [-0.2, 0) is 0 Å². The maximum Gasteiger partial charge on any atom is 0.0833 e. The summed E-state index contributed by atoms with van der Waals surface area (Å²) in [6.45, 7) is 1.69. The second kappa shape index (κ2) is 2.59. The maximum atomic E-state index is 9.40. The van der Waals surface area contributed by atoms with Gasteiger partial charge in [-0.05, 0) is 6.42 Å². The molecule has 2 rings (SSSR count). The van der Waals surface area contributed by atoms with Gasteiger partial charge in [0, 0.05) is 25.2 Å². The van der Waals surface area contributed by atoms with Gasteiger partial charge in [-0.25, -0.2) is 0 Å². The Balaban J connectivity index is 2.13. The lowest BCUT2D eigenvalue weighted by atomic mass is 10.1. The van der Waals surface area contributed by atoms with E-state index in [0.29, 0.717) is 6.54 Å². The number of alkyl halides is 1. The van der Waals surface area contributed by atoms with Gasteiger partial charge in [-0.3, -0.25) is 4.90 Å². The standard InChI is InChI=1S/C7H13ClN2O/c8-4-1-2-10-3-5(11)6(9)7(4)10/h4-7,11H,1-3,9H2/t4?,5-,6+,7-/m1/s1. The molecule has 0 amide bonds. The van der Waals surface area contributed by atoms with E-state index in [1.54, 1.807) is 0 Å². The van der Waals surface area contributed by atoms with Gasteiger partial charge in [0.25, 0.3) is 0 Å². The molecule has 0 aliphatic carbocycles. The van der Waals surface area contributed by atoms with Crippen LogP contribution in [-0.4, -0.2) is 46.7 Å². The van der Waals surface area contributed by atoms with Gasteiger partial charge in [-0.2, -0.15) is 0 Å². The molecular weight excluding hydrogens is 164 g/mol. The summed E-state index contributed by atoms with van der Waals surface area (Å²) >= 11 is 6.04. The molecule has 3 nitrogen and oxygen atoms in total. The minimum Gasteiger partial charge on any atom is -0.390 e. The van der Waals surface area contributed by atoms with Crippen LogP contribution in [0, 0.1) is 0 Å². The van der Waals surface area contributed by atoms with Gasteiger partial charge in [0.15, 0.2) is 0 Å². The zero-order chi connectivity index (χ0) is 8.01. The molecule has 4 atom stereocenters. The first-order valence-electron chi connectivity index (χ1n) is 4.02. The Labute approximate surface area is 71.1 Å². The Morgan fingerprint density at radius 1 is 1.55 bits per heavy atom. The van der Waals surface area contributed by atoms with E-state index in [9.17, 15) is 5.11 Å². The predicted molar refractivity (Wildman–Crippen MR) is 43.6 cm³/mol. The molecule has 11 heavy (non-hydrogen) atoms. The van der Waals surface area contributed by atoms with Crippen molar-refractivity contribution in [2.24, 2.45) is 5.73 Å².